The standard InChI is InChI=1S/C13H17N3O3/c1-16(9-6-7-9)12(17)8-19-11-5-3-2-4-10(11)13(14)15-18/h2-5,9,18H,6-8H2,1H3,(H2,14,15). The second-order valence-corrected chi connectivity index (χ2v) is 4.51. The zero-order valence-electron chi connectivity index (χ0n) is 10.7. The minimum atomic E-state index is -0.0724. The monoisotopic (exact) mass is 263 g/mol. The number of carbonyl (C=O) groups excluding carboxylic acids is 1. The Morgan fingerprint density at radius 2 is 2.21 bits per heavy atom. The van der Waals surface area contributed by atoms with Crippen LogP contribution >= 0.6 is 0 Å². The van der Waals surface area contributed by atoms with E-state index in [1.165, 1.54) is 0 Å². The number of carbonyl (C=O) groups is 1. The summed E-state index contributed by atoms with van der Waals surface area (Å²) >= 11 is 0. The lowest BCUT2D eigenvalue weighted by Gasteiger charge is -2.17. The molecule has 6 nitrogen and oxygen atoms in total. The van der Waals surface area contributed by atoms with Gasteiger partial charge in [0.25, 0.3) is 5.91 Å². The van der Waals surface area contributed by atoms with E-state index in [4.69, 9.17) is 15.7 Å². The Bertz CT molecular complexity index is 498. The third-order valence-corrected chi connectivity index (χ3v) is 3.11. The summed E-state index contributed by atoms with van der Waals surface area (Å²) in [5.41, 5.74) is 6.01. The summed E-state index contributed by atoms with van der Waals surface area (Å²) in [6, 6.07) is 7.21. The van der Waals surface area contributed by atoms with E-state index < -0.39 is 0 Å². The maximum Gasteiger partial charge on any atom is 0.260 e. The fourth-order valence-corrected chi connectivity index (χ4v) is 1.76. The zero-order chi connectivity index (χ0) is 13.8. The Morgan fingerprint density at radius 1 is 1.53 bits per heavy atom. The van der Waals surface area contributed by atoms with Crippen molar-refractivity contribution < 1.29 is 14.7 Å². The van der Waals surface area contributed by atoms with Gasteiger partial charge in [-0.3, -0.25) is 4.79 Å². The van der Waals surface area contributed by atoms with Crippen LogP contribution in [0.25, 0.3) is 0 Å². The van der Waals surface area contributed by atoms with Gasteiger partial charge < -0.3 is 20.6 Å². The Kier molecular flexibility index (Phi) is 3.89. The van der Waals surface area contributed by atoms with Crippen molar-refractivity contribution in [1.82, 2.24) is 4.90 Å². The van der Waals surface area contributed by atoms with Crippen LogP contribution in [0.3, 0.4) is 0 Å². The van der Waals surface area contributed by atoms with Crippen molar-refractivity contribution in [3.8, 4) is 5.75 Å². The van der Waals surface area contributed by atoms with Crippen molar-refractivity contribution in [3.05, 3.63) is 29.8 Å². The molecular weight excluding hydrogens is 246 g/mol. The lowest BCUT2D eigenvalue weighted by molar-refractivity contribution is -0.132. The maximum absolute atomic E-state index is 11.8. The molecule has 2 rings (SSSR count). The third-order valence-electron chi connectivity index (χ3n) is 3.11. The smallest absolute Gasteiger partial charge is 0.260 e. The number of nitrogens with two attached hydrogens (primary N) is 1. The molecule has 0 atom stereocenters. The molecule has 1 saturated carbocycles. The van der Waals surface area contributed by atoms with Crippen molar-refractivity contribution >= 4 is 11.7 Å². The molecule has 3 N–H and O–H groups in total. The van der Waals surface area contributed by atoms with E-state index in [2.05, 4.69) is 5.16 Å². The van der Waals surface area contributed by atoms with Crippen LogP contribution in [-0.4, -0.2) is 41.5 Å². The Morgan fingerprint density at radius 3 is 2.84 bits per heavy atom. The highest BCUT2D eigenvalue weighted by Crippen LogP contribution is 2.25. The first-order valence-electron chi connectivity index (χ1n) is 6.09. The van der Waals surface area contributed by atoms with Gasteiger partial charge in [0.05, 0.1) is 5.56 Å². The molecule has 0 radical (unpaired) electrons. The van der Waals surface area contributed by atoms with E-state index in [9.17, 15) is 4.79 Å². The van der Waals surface area contributed by atoms with Crippen LogP contribution in [-0.2, 0) is 4.79 Å². The number of rotatable bonds is 5. The van der Waals surface area contributed by atoms with Crippen molar-refractivity contribution in [2.24, 2.45) is 10.9 Å². The van der Waals surface area contributed by atoms with Gasteiger partial charge in [-0.1, -0.05) is 17.3 Å². The molecule has 1 fully saturated rings. The predicted molar refractivity (Wildman–Crippen MR) is 70.2 cm³/mol. The molecule has 1 aromatic rings. The molecule has 0 aromatic heterocycles. The van der Waals surface area contributed by atoms with Gasteiger partial charge in [-0.25, -0.2) is 0 Å². The number of amides is 1. The molecule has 1 amide bonds. The number of amidine groups is 1. The highest BCUT2D eigenvalue weighted by molar-refractivity contribution is 5.99. The van der Waals surface area contributed by atoms with Gasteiger partial charge >= 0.3 is 0 Å². The topological polar surface area (TPSA) is 88.2 Å². The summed E-state index contributed by atoms with van der Waals surface area (Å²) in [4.78, 5) is 13.5. The molecule has 1 aliphatic rings. The molecule has 19 heavy (non-hydrogen) atoms. The van der Waals surface area contributed by atoms with E-state index in [0.29, 0.717) is 17.4 Å². The van der Waals surface area contributed by atoms with E-state index in [-0.39, 0.29) is 18.3 Å². The first-order valence-corrected chi connectivity index (χ1v) is 6.09. The quantitative estimate of drug-likeness (QED) is 0.355. The van der Waals surface area contributed by atoms with Crippen LogP contribution < -0.4 is 10.5 Å². The van der Waals surface area contributed by atoms with Gasteiger partial charge in [0.1, 0.15) is 5.75 Å². The van der Waals surface area contributed by atoms with Crippen LogP contribution in [0.4, 0.5) is 0 Å². The number of likely N-dealkylation sites (N-methyl/N-ethyl adjacent to an activating group) is 1. The average Bonchev–Trinajstić information content (AvgIpc) is 3.28. The van der Waals surface area contributed by atoms with Crippen molar-refractivity contribution in [2.45, 2.75) is 18.9 Å². The highest BCUT2D eigenvalue weighted by atomic mass is 16.5. The first-order chi connectivity index (χ1) is 9.13. The van der Waals surface area contributed by atoms with Crippen molar-refractivity contribution in [1.29, 1.82) is 0 Å². The molecule has 1 aromatic carbocycles. The van der Waals surface area contributed by atoms with E-state index in [1.807, 2.05) is 0 Å². The van der Waals surface area contributed by atoms with E-state index in [0.717, 1.165) is 12.8 Å². The SMILES string of the molecule is CN(C(=O)COc1ccccc1/C(N)=N/O)C1CC1. The number of para-hydroxylation sites is 1. The molecule has 102 valence electrons. The van der Waals surface area contributed by atoms with Crippen LogP contribution in [0.1, 0.15) is 18.4 Å². The number of hydrogen-bond donors (Lipinski definition) is 2. The second kappa shape index (κ2) is 5.60. The molecule has 0 saturated heterocycles. The van der Waals surface area contributed by atoms with Gasteiger partial charge in [0, 0.05) is 13.1 Å². The molecule has 0 unspecified atom stereocenters. The maximum atomic E-state index is 11.8. The molecule has 0 heterocycles. The largest absolute Gasteiger partial charge is 0.483 e. The number of benzene rings is 1. The Hall–Kier alpha value is -2.24. The van der Waals surface area contributed by atoms with Crippen LogP contribution in [0.5, 0.6) is 5.75 Å². The van der Waals surface area contributed by atoms with Crippen molar-refractivity contribution in [2.75, 3.05) is 13.7 Å². The summed E-state index contributed by atoms with van der Waals surface area (Å²) in [6.45, 7) is -0.0529. The van der Waals surface area contributed by atoms with Crippen LogP contribution in [0.15, 0.2) is 29.4 Å². The predicted octanol–water partition coefficient (Wildman–Crippen LogP) is 0.781. The highest BCUT2D eigenvalue weighted by Gasteiger charge is 2.29. The molecule has 0 aliphatic heterocycles. The summed E-state index contributed by atoms with van der Waals surface area (Å²) in [6.07, 6.45) is 2.12. The zero-order valence-corrected chi connectivity index (χ0v) is 10.7. The Balaban J connectivity index is 2.01. The average molecular weight is 263 g/mol. The molecule has 6 heteroatoms. The first kappa shape index (κ1) is 13.2. The van der Waals surface area contributed by atoms with Gasteiger partial charge in [0.15, 0.2) is 12.4 Å². The third kappa shape index (κ3) is 3.15. The molecule has 0 spiro atoms. The summed E-state index contributed by atoms with van der Waals surface area (Å²) < 4.78 is 5.46. The molecule has 0 bridgehead atoms. The normalized spacial score (nSPS) is 15.1. The van der Waals surface area contributed by atoms with E-state index >= 15 is 0 Å². The molecular formula is C13H17N3O3. The summed E-state index contributed by atoms with van der Waals surface area (Å²) in [7, 11) is 1.78. The number of nitrogens with zero attached hydrogens (tertiary/aromatic N) is 2. The van der Waals surface area contributed by atoms with Crippen molar-refractivity contribution in [3.63, 3.8) is 0 Å². The number of hydrogen-bond acceptors (Lipinski definition) is 4. The summed E-state index contributed by atoms with van der Waals surface area (Å²) in [5.74, 6) is 0.311. The fraction of sp³-hybridized carbons (Fsp3) is 0.385. The van der Waals surface area contributed by atoms with Crippen LogP contribution in [0, 0.1) is 0 Å². The lowest BCUT2D eigenvalue weighted by Crippen LogP contribution is -2.33. The molecule has 1 aliphatic carbocycles. The number of oxime groups is 1. The summed E-state index contributed by atoms with van der Waals surface area (Å²) in [5, 5.41) is 11.6. The van der Waals surface area contributed by atoms with Crippen LogP contribution in [0.2, 0.25) is 0 Å². The van der Waals surface area contributed by atoms with Gasteiger partial charge in [-0.15, -0.1) is 0 Å². The minimum Gasteiger partial charge on any atom is -0.483 e. The fourth-order valence-electron chi connectivity index (χ4n) is 1.76. The van der Waals surface area contributed by atoms with Gasteiger partial charge in [-0.2, -0.15) is 0 Å². The lowest BCUT2D eigenvalue weighted by atomic mass is 10.2. The number of ether oxygens (including phenoxy) is 1. The van der Waals surface area contributed by atoms with Gasteiger partial charge in [0.2, 0.25) is 0 Å². The second-order valence-electron chi connectivity index (χ2n) is 4.51. The van der Waals surface area contributed by atoms with Gasteiger partial charge in [-0.05, 0) is 25.0 Å². The Labute approximate surface area is 111 Å². The van der Waals surface area contributed by atoms with E-state index in [1.54, 1.807) is 36.2 Å². The minimum absolute atomic E-state index is 0.0430.